The van der Waals surface area contributed by atoms with Crippen LogP contribution >= 0.6 is 0 Å². The Morgan fingerprint density at radius 1 is 1.11 bits per heavy atom. The van der Waals surface area contributed by atoms with Crippen LogP contribution in [-0.4, -0.2) is 26.9 Å². The fourth-order valence-corrected chi connectivity index (χ4v) is 1.97. The normalized spacial score (nSPS) is 15.5. The van der Waals surface area contributed by atoms with Gasteiger partial charge in [0.05, 0.1) is 0 Å². The van der Waals surface area contributed by atoms with E-state index in [1.165, 1.54) is 5.56 Å². The van der Waals surface area contributed by atoms with Crippen LogP contribution in [0.2, 0.25) is 0 Å². The zero-order valence-corrected chi connectivity index (χ0v) is 14.0. The van der Waals surface area contributed by atoms with Gasteiger partial charge in [-0.3, -0.25) is 10.6 Å². The first-order chi connectivity index (χ1) is 8.74. The molecule has 1 aliphatic heterocycles. The molecule has 0 unspecified atom stereocenters. The van der Waals surface area contributed by atoms with E-state index in [0.717, 1.165) is 11.4 Å². The molecule has 0 bridgehead atoms. The summed E-state index contributed by atoms with van der Waals surface area (Å²) in [7, 11) is 5.77. The van der Waals surface area contributed by atoms with Crippen molar-refractivity contribution in [1.29, 1.82) is 0 Å². The minimum absolute atomic E-state index is 0.125. The molecule has 5 nitrogen and oxygen atoms in total. The number of fused-ring (bicyclic) bond motifs is 1. The predicted molar refractivity (Wildman–Crippen MR) is 68.6 cm³/mol. The second-order valence-corrected chi connectivity index (χ2v) is 3.79. The molecule has 0 aromatic heterocycles. The van der Waals surface area contributed by atoms with E-state index in [1.54, 1.807) is 0 Å². The van der Waals surface area contributed by atoms with Crippen molar-refractivity contribution in [2.45, 2.75) is 5.79 Å². The van der Waals surface area contributed by atoms with Gasteiger partial charge in [-0.1, -0.05) is 18.2 Å². The molecule has 0 saturated heterocycles. The summed E-state index contributed by atoms with van der Waals surface area (Å²) in [4.78, 5) is 0. The van der Waals surface area contributed by atoms with Gasteiger partial charge in [-0.25, -0.2) is 0 Å². The van der Waals surface area contributed by atoms with Crippen molar-refractivity contribution < 1.29 is 21.8 Å². The average molecular weight is 300 g/mol. The summed E-state index contributed by atoms with van der Waals surface area (Å²) in [6, 6.07) is 8.24. The number of likely N-dealkylation sites (N-methyl/N-ethyl adjacent to an activating group) is 2. The topological polar surface area (TPSA) is 65.2 Å². The van der Waals surface area contributed by atoms with Crippen LogP contribution in [0.5, 0.6) is 0 Å². The maximum absolute atomic E-state index is 8.38. The molecule has 4 N–H and O–H groups in total. The number of para-hydroxylation sites is 1. The summed E-state index contributed by atoms with van der Waals surface area (Å²) in [6.45, 7) is 0. The molecule has 6 heteroatoms. The molecule has 94 valence electrons. The van der Waals surface area contributed by atoms with E-state index in [2.05, 4.69) is 39.5 Å². The second-order valence-electron chi connectivity index (χ2n) is 3.79. The van der Waals surface area contributed by atoms with Gasteiger partial charge >= 0.3 is 21.8 Å². The van der Waals surface area contributed by atoms with E-state index in [9.17, 15) is 0 Å². The molecule has 1 aliphatic rings. The first-order valence-electron chi connectivity index (χ1n) is 5.69. The van der Waals surface area contributed by atoms with E-state index in [-0.39, 0.29) is 18.3 Å². The summed E-state index contributed by atoms with van der Waals surface area (Å²) in [5.41, 5.74) is 3.40. The Labute approximate surface area is 117 Å². The van der Waals surface area contributed by atoms with Crippen molar-refractivity contribution in [2.24, 2.45) is 0 Å². The zero-order valence-electron chi connectivity index (χ0n) is 11.0. The molecule has 0 amide bonds. The van der Waals surface area contributed by atoms with Gasteiger partial charge < -0.3 is 10.6 Å². The van der Waals surface area contributed by atoms with Gasteiger partial charge in [-0.2, -0.15) is 0 Å². The van der Waals surface area contributed by atoms with Crippen LogP contribution in [0.1, 0.15) is 5.56 Å². The van der Waals surface area contributed by atoms with E-state index in [4.69, 9.17) is 3.57 Å². The Kier molecular flexibility index (Phi) is 5.60. The zero-order chi connectivity index (χ0) is 13.6. The van der Waals surface area contributed by atoms with Crippen molar-refractivity contribution in [3.8, 4) is 0 Å². The number of anilines is 1. The number of nitrogens with one attached hydrogen (secondary N) is 4. The van der Waals surface area contributed by atoms with E-state index >= 15 is 0 Å². The number of rotatable bonds is 3. The third-order valence-corrected chi connectivity index (χ3v) is 2.97. The molecule has 18 heavy (non-hydrogen) atoms. The first-order valence-corrected chi connectivity index (χ1v) is 6.90. The van der Waals surface area contributed by atoms with Gasteiger partial charge in [-0.05, 0) is 26.2 Å². The summed E-state index contributed by atoms with van der Waals surface area (Å²) in [6.07, 6.45) is 2.11. The molecule has 0 spiro atoms. The summed E-state index contributed by atoms with van der Waals surface area (Å²) < 4.78 is 8.38. The quantitative estimate of drug-likeness (QED) is 0.487. The van der Waals surface area contributed by atoms with Crippen molar-refractivity contribution in [1.82, 2.24) is 16.0 Å². The van der Waals surface area contributed by atoms with Crippen LogP contribution < -0.4 is 21.3 Å². The molecule has 2 rings (SSSR count). The molecule has 0 radical (unpaired) electrons. The van der Waals surface area contributed by atoms with Gasteiger partial charge in [0.25, 0.3) is 0 Å². The molecular weight excluding hydrogens is 282 g/mol. The molecule has 0 aliphatic carbocycles. The van der Waals surface area contributed by atoms with Crippen LogP contribution in [0.25, 0.3) is 5.70 Å². The summed E-state index contributed by atoms with van der Waals surface area (Å²) in [5.74, 6) is -0.396. The molecule has 1 aromatic rings. The fraction of sp³-hybridized carbons (Fsp3) is 0.333. The van der Waals surface area contributed by atoms with Gasteiger partial charge in [0.1, 0.15) is 0 Å². The fourth-order valence-electron chi connectivity index (χ4n) is 1.97. The second kappa shape index (κ2) is 6.73. The Hall–Kier alpha value is -1.10. The number of hydrogen-bond acceptors (Lipinski definition) is 5. The van der Waals surface area contributed by atoms with E-state index < -0.39 is 5.79 Å². The number of hydrogen-bond donors (Lipinski definition) is 4. The van der Waals surface area contributed by atoms with E-state index in [0.29, 0.717) is 0 Å². The Morgan fingerprint density at radius 2 is 1.72 bits per heavy atom. The van der Waals surface area contributed by atoms with Gasteiger partial charge in [0.15, 0.2) is 5.79 Å². The molecular formula is C12H18N4OZn. The van der Waals surface area contributed by atoms with Crippen LogP contribution in [0.3, 0.4) is 0 Å². The van der Waals surface area contributed by atoms with Crippen molar-refractivity contribution in [3.63, 3.8) is 0 Å². The van der Waals surface area contributed by atoms with Crippen LogP contribution in [0.15, 0.2) is 30.3 Å². The van der Waals surface area contributed by atoms with Crippen LogP contribution in [0.4, 0.5) is 5.69 Å². The Balaban J connectivity index is 0.000000771. The molecule has 1 aromatic carbocycles. The SMILES string of the molecule is CNC1=CC(NC)(NC)Nc2ccccc21.[O]=[Zn]. The third kappa shape index (κ3) is 2.83. The van der Waals surface area contributed by atoms with Gasteiger partial charge in [0.2, 0.25) is 0 Å². The Bertz CT molecular complexity index is 432. The van der Waals surface area contributed by atoms with Gasteiger partial charge in [0, 0.05) is 24.0 Å². The molecule has 0 fully saturated rings. The molecule has 0 saturated carbocycles. The first kappa shape index (κ1) is 15.0. The van der Waals surface area contributed by atoms with Crippen LogP contribution in [0, 0.1) is 0 Å². The third-order valence-electron chi connectivity index (χ3n) is 2.97. The predicted octanol–water partition coefficient (Wildman–Crippen LogP) is 0.644. The minimum atomic E-state index is -0.396. The van der Waals surface area contributed by atoms with Crippen molar-refractivity contribution in [3.05, 3.63) is 35.9 Å². The standard InChI is InChI=1S/C12H18N4.O.Zn/c1-13-11-8-12(14-2,15-3)16-10-7-5-4-6-9(10)11;;/h4-8,13-16H,1-3H3;;. The number of benzene rings is 1. The van der Waals surface area contributed by atoms with Crippen molar-refractivity contribution >= 4 is 11.4 Å². The summed E-state index contributed by atoms with van der Waals surface area (Å²) in [5, 5.41) is 13.1. The molecule has 0 atom stereocenters. The monoisotopic (exact) mass is 298 g/mol. The average Bonchev–Trinajstić information content (AvgIpc) is 2.48. The molecule has 1 heterocycles. The van der Waals surface area contributed by atoms with E-state index in [1.807, 2.05) is 33.3 Å². The maximum atomic E-state index is 8.38. The van der Waals surface area contributed by atoms with Gasteiger partial charge in [-0.15, -0.1) is 0 Å². The van der Waals surface area contributed by atoms with Crippen molar-refractivity contribution in [2.75, 3.05) is 26.5 Å². The van der Waals surface area contributed by atoms with Crippen LogP contribution in [-0.2, 0) is 21.8 Å². The Morgan fingerprint density at radius 3 is 2.28 bits per heavy atom. The summed E-state index contributed by atoms with van der Waals surface area (Å²) >= 11 is 0.125.